The van der Waals surface area contributed by atoms with Crippen molar-refractivity contribution in [2.75, 3.05) is 26.2 Å². The van der Waals surface area contributed by atoms with E-state index in [4.69, 9.17) is 9.15 Å². The van der Waals surface area contributed by atoms with Crippen molar-refractivity contribution >= 4 is 16.9 Å². The van der Waals surface area contributed by atoms with Crippen LogP contribution in [0.15, 0.2) is 27.4 Å². The Labute approximate surface area is 171 Å². The van der Waals surface area contributed by atoms with Crippen LogP contribution in [0.5, 0.6) is 5.75 Å². The third-order valence-corrected chi connectivity index (χ3v) is 6.59. The second-order valence-electron chi connectivity index (χ2n) is 8.39. The van der Waals surface area contributed by atoms with E-state index in [1.807, 2.05) is 19.1 Å². The summed E-state index contributed by atoms with van der Waals surface area (Å²) in [6, 6.07) is 5.97. The smallest absolute Gasteiger partial charge is 0.339 e. The van der Waals surface area contributed by atoms with E-state index in [9.17, 15) is 9.59 Å². The molecule has 3 heterocycles. The molecule has 1 aromatic heterocycles. The number of piperidine rings is 2. The molecule has 1 aromatic carbocycles. The van der Waals surface area contributed by atoms with Gasteiger partial charge in [-0.3, -0.25) is 4.79 Å². The number of hydrogen-bond donors (Lipinski definition) is 1. The van der Waals surface area contributed by atoms with Crippen molar-refractivity contribution in [3.8, 4) is 5.75 Å². The Hall–Kier alpha value is -2.34. The summed E-state index contributed by atoms with van der Waals surface area (Å²) in [5, 5.41) is 3.94. The van der Waals surface area contributed by atoms with Crippen LogP contribution in [-0.2, 0) is 4.79 Å². The highest BCUT2D eigenvalue weighted by Crippen LogP contribution is 2.30. The van der Waals surface area contributed by atoms with Crippen LogP contribution < -0.4 is 15.7 Å². The number of carbonyl (C=O) groups excluding carboxylic acids is 1. The van der Waals surface area contributed by atoms with Crippen molar-refractivity contribution < 1.29 is 13.9 Å². The Morgan fingerprint density at radius 3 is 2.86 bits per heavy atom. The normalized spacial score (nSPS) is 22.3. The summed E-state index contributed by atoms with van der Waals surface area (Å²) >= 11 is 0. The third kappa shape index (κ3) is 4.32. The molecule has 0 radical (unpaired) electrons. The SMILES string of the molecule is Cc1c(C)c2ccc(OCC(=O)NCC3CCCN4CCCCC34)cc2oc1=O. The van der Waals surface area contributed by atoms with E-state index in [0.29, 0.717) is 35.4 Å². The summed E-state index contributed by atoms with van der Waals surface area (Å²) in [5.74, 6) is 0.948. The number of amides is 1. The molecule has 4 rings (SSSR count). The monoisotopic (exact) mass is 398 g/mol. The van der Waals surface area contributed by atoms with E-state index < -0.39 is 0 Å². The van der Waals surface area contributed by atoms with Crippen LogP contribution in [0.2, 0.25) is 0 Å². The Balaban J connectivity index is 1.32. The van der Waals surface area contributed by atoms with E-state index in [1.165, 1.54) is 45.2 Å². The maximum atomic E-state index is 12.3. The lowest BCUT2D eigenvalue weighted by molar-refractivity contribution is -0.123. The van der Waals surface area contributed by atoms with Gasteiger partial charge in [0, 0.05) is 29.6 Å². The van der Waals surface area contributed by atoms with Gasteiger partial charge in [0.05, 0.1) is 0 Å². The number of nitrogens with zero attached hydrogens (tertiary/aromatic N) is 1. The third-order valence-electron chi connectivity index (χ3n) is 6.59. The zero-order valence-electron chi connectivity index (χ0n) is 17.3. The van der Waals surface area contributed by atoms with Crippen LogP contribution >= 0.6 is 0 Å². The Bertz CT molecular complexity index is 950. The maximum absolute atomic E-state index is 12.3. The first-order valence-electron chi connectivity index (χ1n) is 10.7. The zero-order chi connectivity index (χ0) is 20.4. The predicted octanol–water partition coefficient (Wildman–Crippen LogP) is 3.17. The summed E-state index contributed by atoms with van der Waals surface area (Å²) < 4.78 is 11.0. The number of rotatable bonds is 5. The molecule has 0 aliphatic carbocycles. The summed E-state index contributed by atoms with van der Waals surface area (Å²) in [5.41, 5.74) is 1.67. The summed E-state index contributed by atoms with van der Waals surface area (Å²) in [6.45, 7) is 6.75. The largest absolute Gasteiger partial charge is 0.484 e. The van der Waals surface area contributed by atoms with E-state index in [2.05, 4.69) is 10.2 Å². The summed E-state index contributed by atoms with van der Waals surface area (Å²) in [4.78, 5) is 26.8. The topological polar surface area (TPSA) is 71.8 Å². The minimum Gasteiger partial charge on any atom is -0.484 e. The molecule has 1 N–H and O–H groups in total. The fourth-order valence-electron chi connectivity index (χ4n) is 4.78. The van der Waals surface area contributed by atoms with E-state index in [-0.39, 0.29) is 18.1 Å². The van der Waals surface area contributed by atoms with Crippen molar-refractivity contribution in [1.29, 1.82) is 0 Å². The quantitative estimate of drug-likeness (QED) is 0.784. The fourth-order valence-corrected chi connectivity index (χ4v) is 4.78. The molecule has 6 heteroatoms. The Morgan fingerprint density at radius 2 is 2.00 bits per heavy atom. The van der Waals surface area contributed by atoms with Crippen LogP contribution in [0.25, 0.3) is 11.0 Å². The van der Waals surface area contributed by atoms with Gasteiger partial charge < -0.3 is 19.4 Å². The first-order valence-corrected chi connectivity index (χ1v) is 10.7. The number of fused-ring (bicyclic) bond motifs is 2. The van der Waals surface area contributed by atoms with E-state index >= 15 is 0 Å². The van der Waals surface area contributed by atoms with Gasteiger partial charge in [-0.25, -0.2) is 4.79 Å². The van der Waals surface area contributed by atoms with Gasteiger partial charge in [-0.2, -0.15) is 0 Å². The van der Waals surface area contributed by atoms with E-state index in [0.717, 1.165) is 10.9 Å². The van der Waals surface area contributed by atoms with Crippen molar-refractivity contribution in [3.05, 3.63) is 39.7 Å². The predicted molar refractivity (Wildman–Crippen MR) is 112 cm³/mol. The molecule has 2 fully saturated rings. The van der Waals surface area contributed by atoms with Crippen LogP contribution in [0, 0.1) is 19.8 Å². The molecule has 2 aliphatic rings. The molecule has 2 unspecified atom stereocenters. The molecule has 0 spiro atoms. The lowest BCUT2D eigenvalue weighted by Gasteiger charge is -2.44. The maximum Gasteiger partial charge on any atom is 0.339 e. The number of nitrogens with one attached hydrogen (secondary N) is 1. The number of ether oxygens (including phenoxy) is 1. The van der Waals surface area contributed by atoms with Crippen LogP contribution in [0.4, 0.5) is 0 Å². The van der Waals surface area contributed by atoms with Gasteiger partial charge in [-0.15, -0.1) is 0 Å². The van der Waals surface area contributed by atoms with Crippen molar-refractivity contribution in [3.63, 3.8) is 0 Å². The lowest BCUT2D eigenvalue weighted by atomic mass is 9.83. The fraction of sp³-hybridized carbons (Fsp3) is 0.565. The van der Waals surface area contributed by atoms with Crippen molar-refractivity contribution in [2.45, 2.75) is 52.0 Å². The minimum atomic E-state index is -0.339. The highest BCUT2D eigenvalue weighted by Gasteiger charge is 2.32. The van der Waals surface area contributed by atoms with Gasteiger partial charge in [0.2, 0.25) is 0 Å². The van der Waals surface area contributed by atoms with Crippen LogP contribution in [-0.4, -0.2) is 43.1 Å². The van der Waals surface area contributed by atoms with Gasteiger partial charge in [0.25, 0.3) is 5.91 Å². The van der Waals surface area contributed by atoms with Gasteiger partial charge in [-0.1, -0.05) is 6.42 Å². The first kappa shape index (κ1) is 20.0. The number of aryl methyl sites for hydroxylation is 1. The molecular formula is C23H30N2O4. The molecule has 2 saturated heterocycles. The summed E-state index contributed by atoms with van der Waals surface area (Å²) in [7, 11) is 0. The standard InChI is InChI=1S/C23H30N2O4/c1-15-16(2)23(27)29-21-12-18(8-9-19(15)21)28-14-22(26)24-13-17-6-5-11-25-10-4-3-7-20(17)25/h8-9,12,17,20H,3-7,10-11,13-14H2,1-2H3,(H,24,26). The lowest BCUT2D eigenvalue weighted by Crippen LogP contribution is -2.51. The summed E-state index contributed by atoms with van der Waals surface area (Å²) in [6.07, 6.45) is 6.25. The number of hydrogen-bond acceptors (Lipinski definition) is 5. The zero-order valence-corrected chi connectivity index (χ0v) is 17.3. The molecule has 1 amide bonds. The molecule has 156 valence electrons. The van der Waals surface area contributed by atoms with Crippen LogP contribution in [0.1, 0.15) is 43.2 Å². The molecule has 2 aliphatic heterocycles. The molecule has 6 nitrogen and oxygen atoms in total. The van der Waals surface area contributed by atoms with Gasteiger partial charge in [-0.05, 0) is 76.2 Å². The number of carbonyl (C=O) groups is 1. The van der Waals surface area contributed by atoms with Crippen molar-refractivity contribution in [2.24, 2.45) is 5.92 Å². The second kappa shape index (κ2) is 8.57. The average Bonchev–Trinajstić information content (AvgIpc) is 2.74. The minimum absolute atomic E-state index is 0.0400. The Kier molecular flexibility index (Phi) is 5.90. The van der Waals surface area contributed by atoms with Gasteiger partial charge in [0.1, 0.15) is 11.3 Å². The molecule has 2 atom stereocenters. The molecular weight excluding hydrogens is 368 g/mol. The molecule has 0 saturated carbocycles. The molecule has 0 bridgehead atoms. The Morgan fingerprint density at radius 1 is 1.17 bits per heavy atom. The highest BCUT2D eigenvalue weighted by molar-refractivity contribution is 5.82. The van der Waals surface area contributed by atoms with E-state index in [1.54, 1.807) is 13.0 Å². The second-order valence-corrected chi connectivity index (χ2v) is 8.39. The number of benzene rings is 1. The first-order chi connectivity index (χ1) is 14.0. The van der Waals surface area contributed by atoms with Gasteiger partial charge in [0.15, 0.2) is 6.61 Å². The van der Waals surface area contributed by atoms with Gasteiger partial charge >= 0.3 is 5.63 Å². The van der Waals surface area contributed by atoms with Crippen LogP contribution in [0.3, 0.4) is 0 Å². The van der Waals surface area contributed by atoms with Crippen molar-refractivity contribution in [1.82, 2.24) is 10.2 Å². The molecule has 29 heavy (non-hydrogen) atoms. The highest BCUT2D eigenvalue weighted by atomic mass is 16.5. The molecule has 2 aromatic rings. The average molecular weight is 399 g/mol.